The third-order valence-corrected chi connectivity index (χ3v) is 5.56. The summed E-state index contributed by atoms with van der Waals surface area (Å²) in [7, 11) is 0. The highest BCUT2D eigenvalue weighted by molar-refractivity contribution is 5.92. The van der Waals surface area contributed by atoms with Crippen LogP contribution in [0.25, 0.3) is 10.9 Å². The molecule has 7 heteroatoms. The SMILES string of the molecule is O=C(c1cc(COc2cccc3cccnc23)on1)N1CCC(c2ccc(F)cc2)C1. The van der Waals surface area contributed by atoms with Crippen molar-refractivity contribution in [3.05, 3.63) is 89.7 Å². The fraction of sp³-hybridized carbons (Fsp3) is 0.208. The summed E-state index contributed by atoms with van der Waals surface area (Å²) in [6.45, 7) is 1.35. The summed E-state index contributed by atoms with van der Waals surface area (Å²) in [5.41, 5.74) is 2.06. The second-order valence-corrected chi connectivity index (χ2v) is 7.59. The number of rotatable bonds is 5. The first-order chi connectivity index (χ1) is 15.2. The van der Waals surface area contributed by atoms with Gasteiger partial charge in [0.05, 0.1) is 0 Å². The molecule has 1 fully saturated rings. The molecule has 31 heavy (non-hydrogen) atoms. The molecule has 2 aromatic heterocycles. The smallest absolute Gasteiger partial charge is 0.276 e. The van der Waals surface area contributed by atoms with Crippen molar-refractivity contribution in [2.24, 2.45) is 0 Å². The topological polar surface area (TPSA) is 68.5 Å². The zero-order valence-corrected chi connectivity index (χ0v) is 16.7. The van der Waals surface area contributed by atoms with Gasteiger partial charge in [-0.15, -0.1) is 0 Å². The quantitative estimate of drug-likeness (QED) is 0.476. The number of aromatic nitrogens is 2. The standard InChI is InChI=1S/C24H20FN3O3/c25-19-8-6-16(7-9-19)18-10-12-28(14-18)24(29)21-13-20(31-27-21)15-30-22-5-1-3-17-4-2-11-26-23(17)22/h1-9,11,13,18H,10,12,14-15H2. The van der Waals surface area contributed by atoms with E-state index in [-0.39, 0.29) is 29.9 Å². The maximum atomic E-state index is 13.2. The molecule has 1 unspecified atom stereocenters. The number of ether oxygens (including phenoxy) is 1. The van der Waals surface area contributed by atoms with Crippen molar-refractivity contribution < 1.29 is 18.4 Å². The van der Waals surface area contributed by atoms with Crippen molar-refractivity contribution in [2.45, 2.75) is 18.9 Å². The maximum Gasteiger partial charge on any atom is 0.276 e. The third kappa shape index (κ3) is 3.99. The van der Waals surface area contributed by atoms with Gasteiger partial charge in [0, 0.05) is 36.7 Å². The molecule has 0 spiro atoms. The molecule has 3 heterocycles. The summed E-state index contributed by atoms with van der Waals surface area (Å²) < 4.78 is 24.3. The van der Waals surface area contributed by atoms with Crippen LogP contribution >= 0.6 is 0 Å². The molecule has 1 saturated heterocycles. The van der Waals surface area contributed by atoms with Crippen LogP contribution in [0.1, 0.15) is 34.2 Å². The van der Waals surface area contributed by atoms with Crippen LogP contribution in [0.15, 0.2) is 71.4 Å². The second kappa shape index (κ2) is 8.18. The summed E-state index contributed by atoms with van der Waals surface area (Å²) in [6, 6.07) is 17.6. The first-order valence-electron chi connectivity index (χ1n) is 10.1. The van der Waals surface area contributed by atoms with Crippen LogP contribution in [0.3, 0.4) is 0 Å². The van der Waals surface area contributed by atoms with Gasteiger partial charge in [0.15, 0.2) is 11.5 Å². The summed E-state index contributed by atoms with van der Waals surface area (Å²) in [5.74, 6) is 0.866. The highest BCUT2D eigenvalue weighted by atomic mass is 19.1. The normalized spacial score (nSPS) is 16.0. The van der Waals surface area contributed by atoms with E-state index in [0.29, 0.717) is 24.6 Å². The zero-order valence-electron chi connectivity index (χ0n) is 16.7. The van der Waals surface area contributed by atoms with Gasteiger partial charge in [0.2, 0.25) is 0 Å². The van der Waals surface area contributed by atoms with Crippen molar-refractivity contribution in [2.75, 3.05) is 13.1 Å². The zero-order chi connectivity index (χ0) is 21.2. The van der Waals surface area contributed by atoms with Crippen molar-refractivity contribution in [1.29, 1.82) is 0 Å². The molecule has 0 radical (unpaired) electrons. The summed E-state index contributed by atoms with van der Waals surface area (Å²) >= 11 is 0. The highest BCUT2D eigenvalue weighted by Crippen LogP contribution is 2.28. The predicted octanol–water partition coefficient (Wildman–Crippen LogP) is 4.57. The Morgan fingerprint density at radius 3 is 2.87 bits per heavy atom. The lowest BCUT2D eigenvalue weighted by Crippen LogP contribution is -2.28. The van der Waals surface area contributed by atoms with Crippen molar-refractivity contribution in [1.82, 2.24) is 15.0 Å². The number of benzene rings is 2. The average Bonchev–Trinajstić information content (AvgIpc) is 3.48. The van der Waals surface area contributed by atoms with E-state index in [1.807, 2.05) is 30.3 Å². The average molecular weight is 417 g/mol. The molecule has 4 aromatic rings. The van der Waals surface area contributed by atoms with Crippen LogP contribution in [0.2, 0.25) is 0 Å². The number of carbonyl (C=O) groups is 1. The van der Waals surface area contributed by atoms with E-state index in [1.54, 1.807) is 29.3 Å². The number of halogens is 1. The van der Waals surface area contributed by atoms with Gasteiger partial charge in [0.1, 0.15) is 23.7 Å². The van der Waals surface area contributed by atoms with Gasteiger partial charge in [0.25, 0.3) is 5.91 Å². The molecule has 6 nitrogen and oxygen atoms in total. The second-order valence-electron chi connectivity index (χ2n) is 7.59. The number of fused-ring (bicyclic) bond motifs is 1. The predicted molar refractivity (Wildman–Crippen MR) is 112 cm³/mol. The van der Waals surface area contributed by atoms with Crippen LogP contribution in [0, 0.1) is 5.82 Å². The molecule has 1 atom stereocenters. The monoisotopic (exact) mass is 417 g/mol. The van der Waals surface area contributed by atoms with Gasteiger partial charge in [-0.2, -0.15) is 0 Å². The third-order valence-electron chi connectivity index (χ3n) is 5.56. The number of amides is 1. The van der Waals surface area contributed by atoms with Crippen molar-refractivity contribution >= 4 is 16.8 Å². The molecule has 0 bridgehead atoms. The fourth-order valence-corrected chi connectivity index (χ4v) is 3.94. The Kier molecular flexibility index (Phi) is 5.08. The largest absolute Gasteiger partial charge is 0.483 e. The lowest BCUT2D eigenvalue weighted by Gasteiger charge is -2.15. The van der Waals surface area contributed by atoms with Gasteiger partial charge in [-0.05, 0) is 36.2 Å². The Balaban J connectivity index is 1.23. The van der Waals surface area contributed by atoms with Gasteiger partial charge in [-0.1, -0.05) is 35.5 Å². The van der Waals surface area contributed by atoms with Crippen LogP contribution in [0.4, 0.5) is 4.39 Å². The van der Waals surface area contributed by atoms with Crippen LogP contribution in [0.5, 0.6) is 5.75 Å². The lowest BCUT2D eigenvalue weighted by atomic mass is 9.99. The number of para-hydroxylation sites is 1. The van der Waals surface area contributed by atoms with Crippen molar-refractivity contribution in [3.63, 3.8) is 0 Å². The minimum atomic E-state index is -0.258. The van der Waals surface area contributed by atoms with E-state index in [1.165, 1.54) is 12.1 Å². The van der Waals surface area contributed by atoms with Gasteiger partial charge < -0.3 is 14.2 Å². The van der Waals surface area contributed by atoms with E-state index < -0.39 is 0 Å². The van der Waals surface area contributed by atoms with E-state index in [9.17, 15) is 9.18 Å². The molecule has 5 rings (SSSR count). The van der Waals surface area contributed by atoms with Gasteiger partial charge in [-0.25, -0.2) is 4.39 Å². The molecule has 0 N–H and O–H groups in total. The Morgan fingerprint density at radius 2 is 2.00 bits per heavy atom. The Morgan fingerprint density at radius 1 is 1.16 bits per heavy atom. The molecule has 2 aromatic carbocycles. The molecule has 0 saturated carbocycles. The number of pyridine rings is 1. The summed E-state index contributed by atoms with van der Waals surface area (Å²) in [5, 5.41) is 4.92. The Bertz CT molecular complexity index is 1220. The van der Waals surface area contributed by atoms with E-state index in [2.05, 4.69) is 10.1 Å². The number of likely N-dealkylation sites (tertiary alicyclic amines) is 1. The van der Waals surface area contributed by atoms with Crippen LogP contribution in [-0.4, -0.2) is 34.0 Å². The Labute approximate surface area is 178 Å². The maximum absolute atomic E-state index is 13.2. The number of hydrogen-bond acceptors (Lipinski definition) is 5. The van der Waals surface area contributed by atoms with Gasteiger partial charge in [-0.3, -0.25) is 9.78 Å². The molecule has 156 valence electrons. The molecule has 0 aliphatic carbocycles. The van der Waals surface area contributed by atoms with E-state index in [4.69, 9.17) is 9.26 Å². The first-order valence-corrected chi connectivity index (χ1v) is 10.1. The number of nitrogens with zero attached hydrogens (tertiary/aromatic N) is 3. The lowest BCUT2D eigenvalue weighted by molar-refractivity contribution is 0.0780. The van der Waals surface area contributed by atoms with E-state index in [0.717, 1.165) is 22.9 Å². The number of hydrogen-bond donors (Lipinski definition) is 0. The summed E-state index contributed by atoms with van der Waals surface area (Å²) in [6.07, 6.45) is 2.55. The van der Waals surface area contributed by atoms with Crippen molar-refractivity contribution in [3.8, 4) is 5.75 Å². The number of carbonyl (C=O) groups excluding carboxylic acids is 1. The Hall–Kier alpha value is -3.74. The molecular formula is C24H20FN3O3. The molecular weight excluding hydrogens is 397 g/mol. The minimum absolute atomic E-state index is 0.147. The fourth-order valence-electron chi connectivity index (χ4n) is 3.94. The molecule has 1 aliphatic rings. The molecule has 1 amide bonds. The molecule has 1 aliphatic heterocycles. The summed E-state index contributed by atoms with van der Waals surface area (Å²) in [4.78, 5) is 19.0. The van der Waals surface area contributed by atoms with Crippen LogP contribution in [-0.2, 0) is 6.61 Å². The van der Waals surface area contributed by atoms with E-state index >= 15 is 0 Å². The highest BCUT2D eigenvalue weighted by Gasteiger charge is 2.29. The minimum Gasteiger partial charge on any atom is -0.483 e. The van der Waals surface area contributed by atoms with Crippen LogP contribution < -0.4 is 4.74 Å². The first kappa shape index (κ1) is 19.2. The van der Waals surface area contributed by atoms with Gasteiger partial charge >= 0.3 is 0 Å².